The van der Waals surface area contributed by atoms with Crippen LogP contribution in [-0.2, 0) is 4.74 Å². The van der Waals surface area contributed by atoms with Gasteiger partial charge >= 0.3 is 6.18 Å². The van der Waals surface area contributed by atoms with Gasteiger partial charge in [-0.15, -0.1) is 0 Å². The van der Waals surface area contributed by atoms with Crippen molar-refractivity contribution < 1.29 is 27.1 Å². The lowest BCUT2D eigenvalue weighted by molar-refractivity contribution is -0.0884. The number of halogens is 3. The summed E-state index contributed by atoms with van der Waals surface area (Å²) >= 11 is 0. The highest BCUT2D eigenvalue weighted by molar-refractivity contribution is 5.98. The van der Waals surface area contributed by atoms with E-state index in [0.29, 0.717) is 43.2 Å². The molecule has 1 aliphatic rings. The number of alkyl halides is 3. The molecule has 0 unspecified atom stereocenters. The SMILES string of the molecule is C/C=C(\C=C(/NC)Nc1nc(N2CCOCC2)c2oc(C(=O)CC)cc2n1)C(F)(F)F.CC. The van der Waals surface area contributed by atoms with Crippen molar-refractivity contribution in [3.63, 3.8) is 0 Å². The van der Waals surface area contributed by atoms with Crippen LogP contribution in [-0.4, -0.2) is 55.3 Å². The molecular weight excluding hydrogens is 439 g/mol. The number of morpholine rings is 1. The highest BCUT2D eigenvalue weighted by Crippen LogP contribution is 2.30. The van der Waals surface area contributed by atoms with E-state index in [9.17, 15) is 18.0 Å². The third-order valence-electron chi connectivity index (χ3n) is 4.71. The Morgan fingerprint density at radius 3 is 2.45 bits per heavy atom. The molecule has 0 aliphatic carbocycles. The maximum atomic E-state index is 13.1. The Bertz CT molecular complexity index is 1010. The standard InChI is InChI=1S/C20H24F3N5O3.C2H6/c1-4-12(20(21,22)23)10-16(24-3)26-19-25-13-11-15(14(29)5-2)31-17(13)18(27-19)28-6-8-30-9-7-28;1-2/h4,10-11,24H,5-9H2,1-3H3,(H,25,26,27);1-2H3/b12-4+,16-10+;. The van der Waals surface area contributed by atoms with E-state index in [1.807, 2.05) is 18.7 Å². The first-order chi connectivity index (χ1) is 15.8. The summed E-state index contributed by atoms with van der Waals surface area (Å²) in [5.41, 5.74) is -0.0880. The number of carbonyl (C=O) groups excluding carboxylic acids is 1. The third kappa shape index (κ3) is 6.47. The Labute approximate surface area is 190 Å². The van der Waals surface area contributed by atoms with Crippen molar-refractivity contribution >= 4 is 28.6 Å². The van der Waals surface area contributed by atoms with Crippen LogP contribution in [0.3, 0.4) is 0 Å². The van der Waals surface area contributed by atoms with Crippen LogP contribution in [0.25, 0.3) is 11.1 Å². The number of carbonyl (C=O) groups is 1. The van der Waals surface area contributed by atoms with Gasteiger partial charge in [0.05, 0.1) is 18.8 Å². The molecule has 0 saturated carbocycles. The number of nitrogens with zero attached hydrogens (tertiary/aromatic N) is 3. The van der Waals surface area contributed by atoms with Crippen LogP contribution in [0.1, 0.15) is 44.7 Å². The van der Waals surface area contributed by atoms with E-state index in [-0.39, 0.29) is 29.7 Å². The number of nitrogens with one attached hydrogen (secondary N) is 2. The lowest BCUT2D eigenvalue weighted by Crippen LogP contribution is -2.37. The van der Waals surface area contributed by atoms with Crippen LogP contribution in [0.15, 0.2) is 34.0 Å². The Morgan fingerprint density at radius 1 is 1.24 bits per heavy atom. The number of ether oxygens (including phenoxy) is 1. The molecule has 0 radical (unpaired) electrons. The van der Waals surface area contributed by atoms with E-state index in [2.05, 4.69) is 20.6 Å². The summed E-state index contributed by atoms with van der Waals surface area (Å²) in [7, 11) is 1.49. The first-order valence-corrected chi connectivity index (χ1v) is 10.8. The Morgan fingerprint density at radius 2 is 1.91 bits per heavy atom. The number of furan rings is 1. The number of anilines is 2. The van der Waals surface area contributed by atoms with E-state index in [1.165, 1.54) is 20.0 Å². The summed E-state index contributed by atoms with van der Waals surface area (Å²) in [5, 5.41) is 5.48. The molecule has 0 atom stereocenters. The minimum absolute atomic E-state index is 0.0612. The minimum atomic E-state index is -4.50. The second-order valence-electron chi connectivity index (χ2n) is 6.75. The third-order valence-corrected chi connectivity index (χ3v) is 4.71. The maximum absolute atomic E-state index is 13.1. The molecule has 2 N–H and O–H groups in total. The molecule has 0 amide bonds. The molecule has 3 heterocycles. The number of hydrogen-bond acceptors (Lipinski definition) is 8. The molecule has 8 nitrogen and oxygen atoms in total. The summed E-state index contributed by atoms with van der Waals surface area (Å²) in [6.07, 6.45) is -2.33. The predicted molar refractivity (Wildman–Crippen MR) is 121 cm³/mol. The molecule has 3 rings (SSSR count). The van der Waals surface area contributed by atoms with Crippen LogP contribution in [0.4, 0.5) is 24.9 Å². The van der Waals surface area contributed by atoms with Crippen LogP contribution >= 0.6 is 0 Å². The van der Waals surface area contributed by atoms with Crippen LogP contribution in [0.2, 0.25) is 0 Å². The van der Waals surface area contributed by atoms with Crippen molar-refractivity contribution in [2.24, 2.45) is 0 Å². The lowest BCUT2D eigenvalue weighted by atomic mass is 10.2. The minimum Gasteiger partial charge on any atom is -0.447 e. The summed E-state index contributed by atoms with van der Waals surface area (Å²) in [4.78, 5) is 22.8. The number of ketones is 1. The normalized spacial score (nSPS) is 15.2. The van der Waals surface area contributed by atoms with E-state index in [0.717, 1.165) is 12.2 Å². The molecule has 1 saturated heterocycles. The second kappa shape index (κ2) is 11.7. The van der Waals surface area contributed by atoms with Gasteiger partial charge in [-0.1, -0.05) is 26.8 Å². The molecule has 1 aliphatic heterocycles. The molecule has 182 valence electrons. The summed E-state index contributed by atoms with van der Waals surface area (Å²) < 4.78 is 50.5. The van der Waals surface area contributed by atoms with Gasteiger partial charge in [-0.2, -0.15) is 18.2 Å². The fourth-order valence-corrected chi connectivity index (χ4v) is 3.05. The van der Waals surface area contributed by atoms with Gasteiger partial charge < -0.3 is 24.7 Å². The number of hydrogen-bond donors (Lipinski definition) is 2. The number of fused-ring (bicyclic) bond motifs is 1. The molecule has 2 aromatic rings. The number of rotatable bonds is 7. The second-order valence-corrected chi connectivity index (χ2v) is 6.75. The van der Waals surface area contributed by atoms with Crippen molar-refractivity contribution in [3.05, 3.63) is 35.4 Å². The van der Waals surface area contributed by atoms with Gasteiger partial charge in [0, 0.05) is 32.6 Å². The quantitative estimate of drug-likeness (QED) is 0.447. The van der Waals surface area contributed by atoms with Gasteiger partial charge in [-0.3, -0.25) is 4.79 Å². The van der Waals surface area contributed by atoms with Crippen LogP contribution in [0, 0.1) is 0 Å². The summed E-state index contributed by atoms with van der Waals surface area (Å²) in [5.74, 6) is 0.563. The average Bonchev–Trinajstić information content (AvgIpc) is 3.25. The van der Waals surface area contributed by atoms with Crippen LogP contribution < -0.4 is 15.5 Å². The van der Waals surface area contributed by atoms with Crippen molar-refractivity contribution in [2.75, 3.05) is 43.6 Å². The van der Waals surface area contributed by atoms with Gasteiger partial charge in [-0.25, -0.2) is 4.98 Å². The van der Waals surface area contributed by atoms with Crippen molar-refractivity contribution in [2.45, 2.75) is 40.3 Å². The molecule has 2 aromatic heterocycles. The van der Waals surface area contributed by atoms with E-state index < -0.39 is 11.7 Å². The molecule has 0 aromatic carbocycles. The highest BCUT2D eigenvalue weighted by atomic mass is 19.4. The first-order valence-electron chi connectivity index (χ1n) is 10.8. The van der Waals surface area contributed by atoms with Gasteiger partial charge in [0.1, 0.15) is 11.3 Å². The van der Waals surface area contributed by atoms with Crippen molar-refractivity contribution in [1.29, 1.82) is 0 Å². The van der Waals surface area contributed by atoms with Gasteiger partial charge in [0.2, 0.25) is 5.95 Å². The predicted octanol–water partition coefficient (Wildman–Crippen LogP) is 4.66. The van der Waals surface area contributed by atoms with Crippen molar-refractivity contribution in [1.82, 2.24) is 15.3 Å². The molecular formula is C22H30F3N5O3. The fourth-order valence-electron chi connectivity index (χ4n) is 3.05. The zero-order valence-electron chi connectivity index (χ0n) is 19.5. The highest BCUT2D eigenvalue weighted by Gasteiger charge is 2.32. The molecule has 11 heteroatoms. The smallest absolute Gasteiger partial charge is 0.416 e. The maximum Gasteiger partial charge on any atom is 0.416 e. The number of allylic oxidation sites excluding steroid dienone is 3. The topological polar surface area (TPSA) is 92.5 Å². The molecule has 0 spiro atoms. The van der Waals surface area contributed by atoms with E-state index >= 15 is 0 Å². The van der Waals surface area contributed by atoms with E-state index in [4.69, 9.17) is 9.15 Å². The Kier molecular flexibility index (Phi) is 9.27. The largest absolute Gasteiger partial charge is 0.447 e. The van der Waals surface area contributed by atoms with E-state index in [1.54, 1.807) is 6.92 Å². The lowest BCUT2D eigenvalue weighted by Gasteiger charge is -2.27. The monoisotopic (exact) mass is 469 g/mol. The zero-order valence-corrected chi connectivity index (χ0v) is 19.5. The Hall–Kier alpha value is -3.08. The van der Waals surface area contributed by atoms with Gasteiger partial charge in [0.15, 0.2) is 22.9 Å². The average molecular weight is 470 g/mol. The van der Waals surface area contributed by atoms with Crippen LogP contribution in [0.5, 0.6) is 0 Å². The molecule has 1 fully saturated rings. The zero-order chi connectivity index (χ0) is 24.6. The summed E-state index contributed by atoms with van der Waals surface area (Å²) in [6, 6.07) is 1.52. The number of aromatic nitrogens is 2. The first kappa shape index (κ1) is 26.2. The Balaban J connectivity index is 0.00000187. The molecule has 0 bridgehead atoms. The summed E-state index contributed by atoms with van der Waals surface area (Å²) in [6.45, 7) is 9.12. The van der Waals surface area contributed by atoms with Gasteiger partial charge in [-0.05, 0) is 13.0 Å². The van der Waals surface area contributed by atoms with Gasteiger partial charge in [0.25, 0.3) is 0 Å². The fraction of sp³-hybridized carbons (Fsp3) is 0.500. The van der Waals surface area contributed by atoms with Crippen molar-refractivity contribution in [3.8, 4) is 0 Å². The number of Topliss-reactive ketones (excluding diaryl/α,β-unsaturated/α-hetero) is 1. The molecule has 33 heavy (non-hydrogen) atoms.